The van der Waals surface area contributed by atoms with E-state index in [1.54, 1.807) is 30.3 Å². The predicted molar refractivity (Wildman–Crippen MR) is 134 cm³/mol. The Morgan fingerprint density at radius 2 is 1.42 bits per heavy atom. The molecule has 0 aromatic heterocycles. The summed E-state index contributed by atoms with van der Waals surface area (Å²) in [6.45, 7) is 3.99. The Balaban J connectivity index is 1.67. The van der Waals surface area contributed by atoms with Gasteiger partial charge in [0.1, 0.15) is 5.70 Å². The molecule has 0 spiro atoms. The van der Waals surface area contributed by atoms with Crippen molar-refractivity contribution in [1.29, 1.82) is 0 Å². The number of hydrogen-bond acceptors (Lipinski definition) is 3. The molecule has 1 aliphatic rings. The molecular weight excluding hydrogens is 432 g/mol. The van der Waals surface area contributed by atoms with E-state index in [1.165, 1.54) is 4.90 Å². The molecule has 4 aromatic rings. The van der Waals surface area contributed by atoms with Gasteiger partial charge < -0.3 is 5.32 Å². The highest BCUT2D eigenvalue weighted by Gasteiger charge is 2.40. The van der Waals surface area contributed by atoms with Gasteiger partial charge in [0.15, 0.2) is 0 Å². The first-order valence-electron chi connectivity index (χ1n) is 10.6. The second-order valence-electron chi connectivity index (χ2n) is 8.20. The topological polar surface area (TPSA) is 49.4 Å². The van der Waals surface area contributed by atoms with Crippen LogP contribution in [-0.2, 0) is 9.59 Å². The molecule has 0 aliphatic carbocycles. The quantitative estimate of drug-likeness (QED) is 0.359. The summed E-state index contributed by atoms with van der Waals surface area (Å²) in [5.74, 6) is -0.758. The normalized spacial score (nSPS) is 13.8. The maximum atomic E-state index is 13.8. The zero-order valence-electron chi connectivity index (χ0n) is 18.2. The largest absolute Gasteiger partial charge is 0.350 e. The van der Waals surface area contributed by atoms with E-state index in [0.29, 0.717) is 21.8 Å². The lowest BCUT2D eigenvalue weighted by molar-refractivity contribution is -0.120. The van der Waals surface area contributed by atoms with E-state index in [-0.39, 0.29) is 17.5 Å². The fraction of sp³-hybridized carbons (Fsp3) is 0.0714. The molecule has 0 bridgehead atoms. The number of amides is 2. The van der Waals surface area contributed by atoms with E-state index in [4.69, 9.17) is 11.6 Å². The summed E-state index contributed by atoms with van der Waals surface area (Å²) >= 11 is 6.08. The number of carbonyl (C=O) groups excluding carboxylic acids is 2. The highest BCUT2D eigenvalue weighted by Crippen LogP contribution is 2.37. The Labute approximate surface area is 197 Å². The van der Waals surface area contributed by atoms with E-state index < -0.39 is 0 Å². The summed E-state index contributed by atoms with van der Waals surface area (Å²) in [4.78, 5) is 28.8. The number of halogens is 1. The van der Waals surface area contributed by atoms with Crippen molar-refractivity contribution < 1.29 is 9.59 Å². The molecule has 0 atom stereocenters. The Bertz CT molecular complexity index is 1430. The molecule has 2 amide bonds. The van der Waals surface area contributed by atoms with E-state index in [1.807, 2.05) is 62.4 Å². The van der Waals surface area contributed by atoms with Crippen LogP contribution in [0.3, 0.4) is 0 Å². The molecule has 0 radical (unpaired) electrons. The number of benzene rings is 4. The van der Waals surface area contributed by atoms with Gasteiger partial charge in [-0.05, 0) is 66.3 Å². The Morgan fingerprint density at radius 3 is 2.15 bits per heavy atom. The van der Waals surface area contributed by atoms with Crippen LogP contribution in [0, 0.1) is 13.8 Å². The van der Waals surface area contributed by atoms with Gasteiger partial charge >= 0.3 is 0 Å². The maximum Gasteiger partial charge on any atom is 0.282 e. The molecule has 162 valence electrons. The molecule has 0 unspecified atom stereocenters. The van der Waals surface area contributed by atoms with Crippen LogP contribution in [-0.4, -0.2) is 11.8 Å². The molecule has 0 fully saturated rings. The highest BCUT2D eigenvalue weighted by atomic mass is 35.5. The maximum absolute atomic E-state index is 13.8. The van der Waals surface area contributed by atoms with Gasteiger partial charge in [-0.3, -0.25) is 9.59 Å². The first-order valence-corrected chi connectivity index (χ1v) is 11.0. The van der Waals surface area contributed by atoms with Crippen molar-refractivity contribution in [2.75, 3.05) is 10.2 Å². The summed E-state index contributed by atoms with van der Waals surface area (Å²) in [5, 5.41) is 5.60. The number of imide groups is 1. The molecule has 5 rings (SSSR count). The summed E-state index contributed by atoms with van der Waals surface area (Å²) in [6.07, 6.45) is 0. The Morgan fingerprint density at radius 1 is 0.758 bits per heavy atom. The van der Waals surface area contributed by atoms with Crippen LogP contribution in [0.5, 0.6) is 0 Å². The van der Waals surface area contributed by atoms with Crippen molar-refractivity contribution in [3.8, 4) is 0 Å². The van der Waals surface area contributed by atoms with Crippen molar-refractivity contribution >= 4 is 51.1 Å². The molecule has 5 heteroatoms. The van der Waals surface area contributed by atoms with Crippen LogP contribution in [0.15, 0.2) is 90.6 Å². The number of anilines is 2. The lowest BCUT2D eigenvalue weighted by atomic mass is 10.0. The van der Waals surface area contributed by atoms with Crippen LogP contribution < -0.4 is 10.2 Å². The third-order valence-corrected chi connectivity index (χ3v) is 5.97. The zero-order valence-corrected chi connectivity index (χ0v) is 19.0. The van der Waals surface area contributed by atoms with Crippen LogP contribution in [0.25, 0.3) is 16.3 Å². The van der Waals surface area contributed by atoms with Gasteiger partial charge in [-0.25, -0.2) is 4.90 Å². The highest BCUT2D eigenvalue weighted by molar-refractivity contribution is 6.47. The van der Waals surface area contributed by atoms with Crippen LogP contribution in [0.2, 0.25) is 5.02 Å². The minimum Gasteiger partial charge on any atom is -0.350 e. The summed E-state index contributed by atoms with van der Waals surface area (Å²) in [5.41, 5.74) is 4.65. The molecule has 0 saturated carbocycles. The minimum atomic E-state index is -0.388. The van der Waals surface area contributed by atoms with E-state index in [0.717, 1.165) is 27.6 Å². The van der Waals surface area contributed by atoms with Gasteiger partial charge in [0.2, 0.25) is 0 Å². The molecule has 1 aliphatic heterocycles. The fourth-order valence-corrected chi connectivity index (χ4v) is 4.47. The third-order valence-electron chi connectivity index (χ3n) is 5.72. The van der Waals surface area contributed by atoms with Crippen LogP contribution in [0.1, 0.15) is 16.7 Å². The van der Waals surface area contributed by atoms with Gasteiger partial charge in [-0.15, -0.1) is 0 Å². The zero-order chi connectivity index (χ0) is 23.1. The van der Waals surface area contributed by atoms with Crippen LogP contribution >= 0.6 is 11.6 Å². The smallest absolute Gasteiger partial charge is 0.282 e. The van der Waals surface area contributed by atoms with Crippen molar-refractivity contribution in [3.63, 3.8) is 0 Å². The van der Waals surface area contributed by atoms with Gasteiger partial charge in [0.25, 0.3) is 11.8 Å². The van der Waals surface area contributed by atoms with Gasteiger partial charge in [-0.1, -0.05) is 66.2 Å². The number of fused-ring (bicyclic) bond motifs is 1. The third kappa shape index (κ3) is 3.79. The van der Waals surface area contributed by atoms with Crippen molar-refractivity contribution in [1.82, 2.24) is 0 Å². The van der Waals surface area contributed by atoms with Crippen molar-refractivity contribution in [2.45, 2.75) is 13.8 Å². The molecule has 4 nitrogen and oxygen atoms in total. The lowest BCUT2D eigenvalue weighted by Crippen LogP contribution is -2.32. The second kappa shape index (κ2) is 8.23. The SMILES string of the molecule is Cc1cc(C)cc(NC2=C(c3ccc(Cl)cc3)C(=O)N(c3cccc4ccccc34)C2=O)c1. The van der Waals surface area contributed by atoms with Gasteiger partial charge in [0, 0.05) is 16.1 Å². The molecule has 1 heterocycles. The van der Waals surface area contributed by atoms with Crippen molar-refractivity contribution in [3.05, 3.63) is 112 Å². The van der Waals surface area contributed by atoms with Crippen molar-refractivity contribution in [2.24, 2.45) is 0 Å². The Hall–Kier alpha value is -3.89. The van der Waals surface area contributed by atoms with Gasteiger partial charge in [0.05, 0.1) is 11.3 Å². The summed E-state index contributed by atoms with van der Waals surface area (Å²) in [6, 6.07) is 26.3. The average Bonchev–Trinajstić information content (AvgIpc) is 3.02. The van der Waals surface area contributed by atoms with Gasteiger partial charge in [-0.2, -0.15) is 0 Å². The molecular formula is C28H21ClN2O2. The molecule has 0 saturated heterocycles. The van der Waals surface area contributed by atoms with Crippen LogP contribution in [0.4, 0.5) is 11.4 Å². The number of aryl methyl sites for hydroxylation is 2. The fourth-order valence-electron chi connectivity index (χ4n) is 4.34. The summed E-state index contributed by atoms with van der Waals surface area (Å²) in [7, 11) is 0. The predicted octanol–water partition coefficient (Wildman–Crippen LogP) is 6.51. The Kier molecular flexibility index (Phi) is 5.23. The van der Waals surface area contributed by atoms with E-state index >= 15 is 0 Å². The standard InChI is InChI=1S/C28H21ClN2O2/c1-17-14-18(2)16-22(15-17)30-26-25(20-10-12-21(29)13-11-20)27(32)31(28(26)33)24-9-5-7-19-6-3-4-8-23(19)24/h3-16,30H,1-2H3. The lowest BCUT2D eigenvalue weighted by Gasteiger charge is -2.18. The number of hydrogen-bond donors (Lipinski definition) is 1. The first-order chi connectivity index (χ1) is 15.9. The first kappa shape index (κ1) is 21.0. The monoisotopic (exact) mass is 452 g/mol. The molecule has 1 N–H and O–H groups in total. The second-order valence-corrected chi connectivity index (χ2v) is 8.64. The summed E-state index contributed by atoms with van der Waals surface area (Å²) < 4.78 is 0. The average molecular weight is 453 g/mol. The minimum absolute atomic E-state index is 0.250. The number of nitrogens with one attached hydrogen (secondary N) is 1. The van der Waals surface area contributed by atoms with E-state index in [9.17, 15) is 9.59 Å². The molecule has 33 heavy (non-hydrogen) atoms. The van der Waals surface area contributed by atoms with E-state index in [2.05, 4.69) is 11.4 Å². The molecule has 4 aromatic carbocycles. The number of nitrogens with zero attached hydrogens (tertiary/aromatic N) is 1. The number of carbonyl (C=O) groups is 2. The number of rotatable bonds is 4.